The Morgan fingerprint density at radius 1 is 0.914 bits per heavy atom. The van der Waals surface area contributed by atoms with E-state index in [1.165, 1.54) is 0 Å². The van der Waals surface area contributed by atoms with Crippen molar-refractivity contribution < 1.29 is 24.2 Å². The number of aromatic hydroxyl groups is 1. The Kier molecular flexibility index (Phi) is 8.57. The number of phenolic OH excluding ortho intramolecular Hbond substituents is 1. The van der Waals surface area contributed by atoms with E-state index in [9.17, 15) is 14.7 Å². The molecule has 0 unspecified atom stereocenters. The number of piperidine rings is 2. The summed E-state index contributed by atoms with van der Waals surface area (Å²) >= 11 is 0. The quantitative estimate of drug-likeness (QED) is 0.571. The van der Waals surface area contributed by atoms with Gasteiger partial charge in [0.25, 0.3) is 0 Å². The Bertz CT molecular complexity index is 1030. The van der Waals surface area contributed by atoms with E-state index in [-0.39, 0.29) is 29.5 Å². The third kappa shape index (κ3) is 6.11. The fourth-order valence-electron chi connectivity index (χ4n) is 5.27. The van der Waals surface area contributed by atoms with E-state index >= 15 is 0 Å². The molecule has 0 amide bonds. The topological polar surface area (TPSA) is 92.2 Å². The summed E-state index contributed by atoms with van der Waals surface area (Å²) in [5.41, 5.74) is 2.63. The molecule has 8 heteroatoms. The van der Waals surface area contributed by atoms with Crippen molar-refractivity contribution in [1.29, 1.82) is 0 Å². The van der Waals surface area contributed by atoms with Crippen LogP contribution in [0.15, 0.2) is 24.4 Å². The molecular weight excluding hydrogens is 446 g/mol. The van der Waals surface area contributed by atoms with E-state index in [0.717, 1.165) is 74.9 Å². The van der Waals surface area contributed by atoms with Gasteiger partial charge < -0.3 is 14.6 Å². The molecule has 0 saturated carbocycles. The van der Waals surface area contributed by atoms with Gasteiger partial charge in [0.1, 0.15) is 11.3 Å². The smallest absolute Gasteiger partial charge is 0.309 e. The van der Waals surface area contributed by atoms with Gasteiger partial charge in [-0.15, -0.1) is 0 Å². The highest BCUT2D eigenvalue weighted by Crippen LogP contribution is 2.33. The van der Waals surface area contributed by atoms with Crippen molar-refractivity contribution in [3.63, 3.8) is 0 Å². The zero-order valence-corrected chi connectivity index (χ0v) is 20.9. The minimum atomic E-state index is -0.0982. The van der Waals surface area contributed by atoms with E-state index in [4.69, 9.17) is 9.47 Å². The van der Waals surface area contributed by atoms with E-state index in [1.807, 2.05) is 26.0 Å². The summed E-state index contributed by atoms with van der Waals surface area (Å²) in [5, 5.41) is 12.0. The van der Waals surface area contributed by atoms with Gasteiger partial charge in [0.05, 0.1) is 25.0 Å². The lowest BCUT2D eigenvalue weighted by atomic mass is 9.95. The largest absolute Gasteiger partial charge is 0.505 e. The monoisotopic (exact) mass is 483 g/mol. The minimum Gasteiger partial charge on any atom is -0.505 e. The molecule has 2 aromatic rings. The van der Waals surface area contributed by atoms with Crippen LogP contribution in [0.4, 0.5) is 0 Å². The first-order chi connectivity index (χ1) is 17.0. The summed E-state index contributed by atoms with van der Waals surface area (Å²) in [7, 11) is 0. The van der Waals surface area contributed by atoms with Crippen LogP contribution in [0.2, 0.25) is 0 Å². The van der Waals surface area contributed by atoms with E-state index in [0.29, 0.717) is 25.3 Å². The van der Waals surface area contributed by atoms with Crippen LogP contribution in [-0.4, -0.2) is 71.2 Å². The van der Waals surface area contributed by atoms with Gasteiger partial charge in [0.2, 0.25) is 0 Å². The fraction of sp³-hybridized carbons (Fsp3) is 0.593. The van der Waals surface area contributed by atoms with Crippen LogP contribution in [0.3, 0.4) is 0 Å². The molecule has 2 aliphatic rings. The van der Waals surface area contributed by atoms with Gasteiger partial charge in [-0.3, -0.25) is 24.4 Å². The van der Waals surface area contributed by atoms with Crippen molar-refractivity contribution in [2.24, 2.45) is 11.8 Å². The first-order valence-electron chi connectivity index (χ1n) is 12.9. The number of fused-ring (bicyclic) bond motifs is 1. The third-order valence-corrected chi connectivity index (χ3v) is 7.23. The predicted octanol–water partition coefficient (Wildman–Crippen LogP) is 3.49. The summed E-state index contributed by atoms with van der Waals surface area (Å²) in [6.07, 6.45) is 4.86. The van der Waals surface area contributed by atoms with Crippen molar-refractivity contribution in [2.45, 2.75) is 52.6 Å². The average Bonchev–Trinajstić information content (AvgIpc) is 2.88. The van der Waals surface area contributed by atoms with Crippen LogP contribution >= 0.6 is 0 Å². The lowest BCUT2D eigenvalue weighted by molar-refractivity contribution is -0.150. The van der Waals surface area contributed by atoms with Gasteiger partial charge in [0, 0.05) is 30.2 Å². The summed E-state index contributed by atoms with van der Waals surface area (Å²) < 4.78 is 10.4. The maximum Gasteiger partial charge on any atom is 0.309 e. The number of likely N-dealkylation sites (tertiary alicyclic amines) is 2. The molecule has 3 heterocycles. The maximum atomic E-state index is 12.1. The predicted molar refractivity (Wildman–Crippen MR) is 133 cm³/mol. The highest BCUT2D eigenvalue weighted by molar-refractivity contribution is 5.88. The van der Waals surface area contributed by atoms with E-state index in [1.54, 1.807) is 6.20 Å². The standard InChI is InChI=1S/C27H37N3O5/c1-3-34-26(32)19-7-12-29(13-8-19)17-21-16-22(25(31)24-23(21)6-5-11-28-24)18-30-14-9-20(10-15-30)27(33)35-4-2/h5-6,11,16,19-20,31H,3-4,7-10,12-15,17-18H2,1-2H3. The SMILES string of the molecule is CCOC(=O)C1CCN(Cc2cc(CN3CCC(C(=O)OCC)CC3)c3cccnc3c2O)CC1. The highest BCUT2D eigenvalue weighted by Gasteiger charge is 2.28. The number of pyridine rings is 1. The van der Waals surface area contributed by atoms with E-state index < -0.39 is 0 Å². The third-order valence-electron chi connectivity index (χ3n) is 7.23. The number of rotatable bonds is 8. The fourth-order valence-corrected chi connectivity index (χ4v) is 5.27. The molecule has 0 spiro atoms. The Balaban J connectivity index is 1.45. The molecule has 0 aliphatic carbocycles. The van der Waals surface area contributed by atoms with Crippen LogP contribution in [0.1, 0.15) is 50.7 Å². The molecule has 0 radical (unpaired) electrons. The molecule has 190 valence electrons. The van der Waals surface area contributed by atoms with Gasteiger partial charge in [-0.25, -0.2) is 0 Å². The number of ether oxygens (including phenoxy) is 2. The van der Waals surface area contributed by atoms with Gasteiger partial charge in [-0.05, 0) is 83.4 Å². The highest BCUT2D eigenvalue weighted by atomic mass is 16.5. The molecule has 4 rings (SSSR count). The van der Waals surface area contributed by atoms with Crippen LogP contribution in [-0.2, 0) is 32.2 Å². The Morgan fingerprint density at radius 2 is 1.43 bits per heavy atom. The second-order valence-electron chi connectivity index (χ2n) is 9.55. The molecule has 2 aliphatic heterocycles. The molecule has 0 atom stereocenters. The first-order valence-corrected chi connectivity index (χ1v) is 12.9. The number of hydrogen-bond acceptors (Lipinski definition) is 8. The summed E-state index contributed by atoms with van der Waals surface area (Å²) in [6, 6.07) is 6.02. The summed E-state index contributed by atoms with van der Waals surface area (Å²) in [6.45, 7) is 9.14. The van der Waals surface area contributed by atoms with Crippen LogP contribution in [0.5, 0.6) is 5.75 Å². The van der Waals surface area contributed by atoms with Crippen molar-refractivity contribution in [3.05, 3.63) is 35.5 Å². The van der Waals surface area contributed by atoms with Crippen LogP contribution < -0.4 is 0 Å². The zero-order valence-electron chi connectivity index (χ0n) is 20.9. The molecule has 1 aromatic carbocycles. The van der Waals surface area contributed by atoms with Gasteiger partial charge in [0.15, 0.2) is 0 Å². The molecule has 1 N–H and O–H groups in total. The molecular formula is C27H37N3O5. The van der Waals surface area contributed by atoms with Crippen molar-refractivity contribution in [1.82, 2.24) is 14.8 Å². The number of nitrogens with zero attached hydrogens (tertiary/aromatic N) is 3. The Labute approximate surface area is 207 Å². The Morgan fingerprint density at radius 3 is 1.94 bits per heavy atom. The number of benzene rings is 1. The second-order valence-corrected chi connectivity index (χ2v) is 9.55. The normalized spacial score (nSPS) is 18.6. The lowest BCUT2D eigenvalue weighted by Gasteiger charge is -2.32. The average molecular weight is 484 g/mol. The number of aromatic nitrogens is 1. The number of esters is 2. The van der Waals surface area contributed by atoms with Crippen LogP contribution in [0.25, 0.3) is 10.9 Å². The summed E-state index contributed by atoms with van der Waals surface area (Å²) in [4.78, 5) is 33.3. The number of carbonyl (C=O) groups excluding carboxylic acids is 2. The molecule has 8 nitrogen and oxygen atoms in total. The van der Waals surface area contributed by atoms with Crippen LogP contribution in [0, 0.1) is 11.8 Å². The molecule has 0 bridgehead atoms. The number of hydrogen-bond donors (Lipinski definition) is 1. The lowest BCUT2D eigenvalue weighted by Crippen LogP contribution is -2.37. The summed E-state index contributed by atoms with van der Waals surface area (Å²) in [5.74, 6) is 0.000867. The minimum absolute atomic E-state index is 0.0162. The van der Waals surface area contributed by atoms with Gasteiger partial charge in [-0.1, -0.05) is 6.07 Å². The first kappa shape index (κ1) is 25.4. The maximum absolute atomic E-state index is 12.1. The van der Waals surface area contributed by atoms with Crippen molar-refractivity contribution in [2.75, 3.05) is 39.4 Å². The van der Waals surface area contributed by atoms with Crippen molar-refractivity contribution in [3.8, 4) is 5.75 Å². The number of carbonyl (C=O) groups is 2. The zero-order chi connectivity index (χ0) is 24.8. The molecule has 1 aromatic heterocycles. The van der Waals surface area contributed by atoms with Gasteiger partial charge in [-0.2, -0.15) is 0 Å². The Hall–Kier alpha value is -2.71. The number of phenols is 1. The van der Waals surface area contributed by atoms with Gasteiger partial charge >= 0.3 is 11.9 Å². The molecule has 35 heavy (non-hydrogen) atoms. The van der Waals surface area contributed by atoms with E-state index in [2.05, 4.69) is 20.9 Å². The molecule has 2 fully saturated rings. The second kappa shape index (κ2) is 11.8. The van der Waals surface area contributed by atoms with Crippen molar-refractivity contribution >= 4 is 22.8 Å². The molecule has 2 saturated heterocycles.